The lowest BCUT2D eigenvalue weighted by Gasteiger charge is -2.13. The molecule has 0 atom stereocenters. The van der Waals surface area contributed by atoms with Crippen LogP contribution >= 0.6 is 23.2 Å². The Balaban J connectivity index is 1.56. The number of nitrogens with zero attached hydrogens (tertiary/aromatic N) is 1. The van der Waals surface area contributed by atoms with E-state index in [0.29, 0.717) is 45.6 Å². The fraction of sp³-hybridized carbons (Fsp3) is 0.174. The Morgan fingerprint density at radius 2 is 1.78 bits per heavy atom. The first kappa shape index (κ1) is 22.0. The third-order valence-electron chi connectivity index (χ3n) is 5.11. The predicted octanol–water partition coefficient (Wildman–Crippen LogP) is 5.76. The van der Waals surface area contributed by atoms with E-state index in [1.807, 2.05) is 0 Å². The number of benzene rings is 2. The molecule has 0 saturated carbocycles. The van der Waals surface area contributed by atoms with E-state index in [9.17, 15) is 14.0 Å². The Bertz CT molecular complexity index is 1240. The van der Waals surface area contributed by atoms with Gasteiger partial charge in [-0.3, -0.25) is 9.59 Å². The smallest absolute Gasteiger partial charge is 0.291 e. The molecule has 4 rings (SSSR count). The first-order chi connectivity index (χ1) is 15.3. The van der Waals surface area contributed by atoms with Crippen LogP contribution in [0.15, 0.2) is 52.0 Å². The summed E-state index contributed by atoms with van der Waals surface area (Å²) in [6.07, 6.45) is 2.03. The van der Waals surface area contributed by atoms with Crippen LogP contribution in [0.2, 0.25) is 10.0 Å². The van der Waals surface area contributed by atoms with Crippen molar-refractivity contribution in [2.24, 2.45) is 5.10 Å². The number of amides is 2. The maximum atomic E-state index is 13.1. The van der Waals surface area contributed by atoms with Crippen LogP contribution in [0, 0.1) is 12.7 Å². The molecule has 0 radical (unpaired) electrons. The lowest BCUT2D eigenvalue weighted by atomic mass is 9.93. The summed E-state index contributed by atoms with van der Waals surface area (Å²) in [4.78, 5) is 25.1. The molecule has 2 N–H and O–H groups in total. The van der Waals surface area contributed by atoms with Gasteiger partial charge in [-0.15, -0.1) is 0 Å². The van der Waals surface area contributed by atoms with Gasteiger partial charge in [-0.25, -0.2) is 9.82 Å². The summed E-state index contributed by atoms with van der Waals surface area (Å²) < 4.78 is 18.9. The average molecular weight is 474 g/mol. The van der Waals surface area contributed by atoms with Gasteiger partial charge in [-0.2, -0.15) is 5.10 Å². The highest BCUT2D eigenvalue weighted by molar-refractivity contribution is 6.42. The van der Waals surface area contributed by atoms with Crippen LogP contribution in [0.3, 0.4) is 0 Å². The van der Waals surface area contributed by atoms with Crippen LogP contribution in [0.5, 0.6) is 0 Å². The molecule has 0 unspecified atom stereocenters. The molecular weight excluding hydrogens is 456 g/mol. The third-order valence-corrected chi connectivity index (χ3v) is 5.85. The van der Waals surface area contributed by atoms with Gasteiger partial charge >= 0.3 is 0 Å². The van der Waals surface area contributed by atoms with Gasteiger partial charge in [0.05, 0.1) is 15.8 Å². The van der Waals surface area contributed by atoms with E-state index < -0.39 is 17.6 Å². The van der Waals surface area contributed by atoms with Gasteiger partial charge in [-0.1, -0.05) is 23.2 Å². The van der Waals surface area contributed by atoms with E-state index in [1.165, 1.54) is 24.3 Å². The normalized spacial score (nSPS) is 14.2. The quantitative estimate of drug-likeness (QED) is 0.472. The molecule has 1 heterocycles. The molecule has 164 valence electrons. The fourth-order valence-electron chi connectivity index (χ4n) is 3.54. The maximum absolute atomic E-state index is 13.1. The summed E-state index contributed by atoms with van der Waals surface area (Å²) in [5.41, 5.74) is 5.25. The van der Waals surface area contributed by atoms with Crippen molar-refractivity contribution in [2.45, 2.75) is 26.2 Å². The Morgan fingerprint density at radius 3 is 2.50 bits per heavy atom. The number of aryl methyl sites for hydroxylation is 1. The molecule has 0 aliphatic heterocycles. The standard InChI is InChI=1S/C23H18Cl2FN3O3/c1-12-20-18(28-29-22(30)13-5-7-14(26)8-6-13)3-2-4-19(20)32-21(12)23(31)27-15-9-10-16(24)17(25)11-15/h5-11H,2-4H2,1H3,(H,27,31)(H,29,30)/b28-18+. The minimum absolute atomic E-state index is 0.167. The first-order valence-corrected chi connectivity index (χ1v) is 10.6. The number of rotatable bonds is 4. The summed E-state index contributed by atoms with van der Waals surface area (Å²) in [6, 6.07) is 9.96. The summed E-state index contributed by atoms with van der Waals surface area (Å²) >= 11 is 11.9. The molecule has 2 aromatic carbocycles. The molecule has 2 amide bonds. The Kier molecular flexibility index (Phi) is 6.30. The van der Waals surface area contributed by atoms with Crippen molar-refractivity contribution in [3.8, 4) is 0 Å². The highest BCUT2D eigenvalue weighted by atomic mass is 35.5. The van der Waals surface area contributed by atoms with Crippen molar-refractivity contribution in [2.75, 3.05) is 5.32 Å². The number of fused-ring (bicyclic) bond motifs is 1. The van der Waals surface area contributed by atoms with Gasteiger partial charge in [-0.05, 0) is 62.2 Å². The first-order valence-electron chi connectivity index (χ1n) is 9.85. The number of hydrazone groups is 1. The molecule has 0 bridgehead atoms. The van der Waals surface area contributed by atoms with Crippen molar-refractivity contribution < 1.29 is 18.4 Å². The van der Waals surface area contributed by atoms with E-state index in [2.05, 4.69) is 15.8 Å². The van der Waals surface area contributed by atoms with Crippen molar-refractivity contribution in [3.63, 3.8) is 0 Å². The lowest BCUT2D eigenvalue weighted by Crippen LogP contribution is -2.22. The van der Waals surface area contributed by atoms with E-state index in [-0.39, 0.29) is 11.3 Å². The summed E-state index contributed by atoms with van der Waals surface area (Å²) in [7, 11) is 0. The van der Waals surface area contributed by atoms with E-state index in [4.69, 9.17) is 27.6 Å². The van der Waals surface area contributed by atoms with Crippen LogP contribution in [-0.4, -0.2) is 17.5 Å². The minimum atomic E-state index is -0.455. The summed E-state index contributed by atoms with van der Waals surface area (Å²) in [5, 5.41) is 7.73. The van der Waals surface area contributed by atoms with Gasteiger partial charge in [0.1, 0.15) is 11.6 Å². The number of carbonyl (C=O) groups excluding carboxylic acids is 2. The predicted molar refractivity (Wildman–Crippen MR) is 121 cm³/mol. The second kappa shape index (κ2) is 9.14. The second-order valence-corrected chi connectivity index (χ2v) is 8.11. The number of nitrogens with one attached hydrogen (secondary N) is 2. The largest absolute Gasteiger partial charge is 0.455 e. The SMILES string of the molecule is Cc1c(C(=O)Nc2ccc(Cl)c(Cl)c2)oc2c1/C(=N/NC(=O)c1ccc(F)cc1)CCC2. The van der Waals surface area contributed by atoms with Crippen LogP contribution in [0.25, 0.3) is 0 Å². The highest BCUT2D eigenvalue weighted by Gasteiger charge is 2.28. The molecule has 1 aromatic heterocycles. The van der Waals surface area contributed by atoms with Gasteiger partial charge in [0.15, 0.2) is 5.76 Å². The number of carbonyl (C=O) groups is 2. The van der Waals surface area contributed by atoms with Crippen molar-refractivity contribution in [3.05, 3.63) is 86.5 Å². The molecule has 32 heavy (non-hydrogen) atoms. The zero-order valence-corrected chi connectivity index (χ0v) is 18.5. The number of anilines is 1. The molecule has 0 fully saturated rings. The highest BCUT2D eigenvalue weighted by Crippen LogP contribution is 2.31. The average Bonchev–Trinajstić information content (AvgIpc) is 3.12. The molecule has 6 nitrogen and oxygen atoms in total. The maximum Gasteiger partial charge on any atom is 0.291 e. The van der Waals surface area contributed by atoms with Crippen molar-refractivity contribution in [1.29, 1.82) is 0 Å². The Labute approximate surface area is 193 Å². The van der Waals surface area contributed by atoms with Crippen LogP contribution < -0.4 is 10.7 Å². The van der Waals surface area contributed by atoms with Crippen molar-refractivity contribution in [1.82, 2.24) is 5.43 Å². The van der Waals surface area contributed by atoms with Gasteiger partial charge < -0.3 is 9.73 Å². The topological polar surface area (TPSA) is 83.7 Å². The zero-order valence-electron chi connectivity index (χ0n) is 17.0. The molecule has 9 heteroatoms. The minimum Gasteiger partial charge on any atom is -0.455 e. The molecular formula is C23H18Cl2FN3O3. The summed E-state index contributed by atoms with van der Waals surface area (Å²) in [6.45, 7) is 1.77. The van der Waals surface area contributed by atoms with Gasteiger partial charge in [0, 0.05) is 28.8 Å². The Hall–Kier alpha value is -3.16. The van der Waals surface area contributed by atoms with E-state index in [0.717, 1.165) is 12.0 Å². The number of hydrogen-bond donors (Lipinski definition) is 2. The molecule has 3 aromatic rings. The van der Waals surface area contributed by atoms with Crippen LogP contribution in [0.1, 0.15) is 50.6 Å². The van der Waals surface area contributed by atoms with Gasteiger partial charge in [0.2, 0.25) is 0 Å². The van der Waals surface area contributed by atoms with E-state index in [1.54, 1.807) is 25.1 Å². The zero-order chi connectivity index (χ0) is 22.8. The van der Waals surface area contributed by atoms with E-state index >= 15 is 0 Å². The molecule has 0 saturated heterocycles. The molecule has 1 aliphatic carbocycles. The molecule has 1 aliphatic rings. The number of furan rings is 1. The summed E-state index contributed by atoms with van der Waals surface area (Å²) in [5.74, 6) is -0.498. The lowest BCUT2D eigenvalue weighted by molar-refractivity contribution is 0.0953. The van der Waals surface area contributed by atoms with Crippen LogP contribution in [0.4, 0.5) is 10.1 Å². The third kappa shape index (κ3) is 4.54. The second-order valence-electron chi connectivity index (χ2n) is 7.30. The monoisotopic (exact) mass is 473 g/mol. The fourth-order valence-corrected chi connectivity index (χ4v) is 3.84. The Morgan fingerprint density at radius 1 is 1.03 bits per heavy atom. The van der Waals surface area contributed by atoms with Crippen LogP contribution in [-0.2, 0) is 6.42 Å². The number of halogens is 3. The van der Waals surface area contributed by atoms with Gasteiger partial charge in [0.25, 0.3) is 11.8 Å². The molecule has 0 spiro atoms. The number of hydrogen-bond acceptors (Lipinski definition) is 4. The van der Waals surface area contributed by atoms with Crippen molar-refractivity contribution >= 4 is 46.4 Å².